The summed E-state index contributed by atoms with van der Waals surface area (Å²) in [7, 11) is 0. The second kappa shape index (κ2) is 6.31. The van der Waals surface area contributed by atoms with E-state index in [-0.39, 0.29) is 0 Å². The van der Waals surface area contributed by atoms with Gasteiger partial charge in [0.1, 0.15) is 12.2 Å². The fraction of sp³-hybridized carbons (Fsp3) is 0.429. The molecular formula is C14H20N4. The average molecular weight is 244 g/mol. The SMILES string of the molecule is CC(C)CNCc1ncnn1Cc1ccccc1. The highest BCUT2D eigenvalue weighted by atomic mass is 15.3. The Labute approximate surface area is 108 Å². The van der Waals surface area contributed by atoms with Gasteiger partial charge in [-0.25, -0.2) is 9.67 Å². The summed E-state index contributed by atoms with van der Waals surface area (Å²) in [5.74, 6) is 1.63. The Balaban J connectivity index is 1.95. The lowest BCUT2D eigenvalue weighted by Gasteiger charge is -2.09. The molecule has 1 N–H and O–H groups in total. The van der Waals surface area contributed by atoms with Crippen molar-refractivity contribution in [3.8, 4) is 0 Å². The van der Waals surface area contributed by atoms with E-state index >= 15 is 0 Å². The summed E-state index contributed by atoms with van der Waals surface area (Å²) in [6.45, 7) is 6.94. The number of aromatic nitrogens is 3. The largest absolute Gasteiger partial charge is 0.310 e. The van der Waals surface area contributed by atoms with E-state index in [0.717, 1.165) is 25.5 Å². The van der Waals surface area contributed by atoms with Crippen molar-refractivity contribution in [3.63, 3.8) is 0 Å². The molecule has 1 heterocycles. The lowest BCUT2D eigenvalue weighted by Crippen LogP contribution is -2.22. The van der Waals surface area contributed by atoms with Crippen molar-refractivity contribution >= 4 is 0 Å². The molecule has 2 aromatic rings. The predicted molar refractivity (Wildman–Crippen MR) is 72.1 cm³/mol. The summed E-state index contributed by atoms with van der Waals surface area (Å²) >= 11 is 0. The van der Waals surface area contributed by atoms with Gasteiger partial charge < -0.3 is 5.32 Å². The summed E-state index contributed by atoms with van der Waals surface area (Å²) in [6.07, 6.45) is 1.62. The Morgan fingerprint density at radius 2 is 2.00 bits per heavy atom. The van der Waals surface area contributed by atoms with E-state index in [1.807, 2.05) is 22.9 Å². The molecule has 18 heavy (non-hydrogen) atoms. The standard InChI is InChI=1S/C14H20N4/c1-12(2)8-15-9-14-16-11-17-18(14)10-13-6-4-3-5-7-13/h3-7,11-12,15H,8-10H2,1-2H3. The zero-order valence-corrected chi connectivity index (χ0v) is 11.0. The molecule has 4 heteroatoms. The molecule has 1 aromatic heterocycles. The van der Waals surface area contributed by atoms with Crippen LogP contribution < -0.4 is 5.32 Å². The van der Waals surface area contributed by atoms with Crippen molar-refractivity contribution in [2.24, 2.45) is 5.92 Å². The summed E-state index contributed by atoms with van der Waals surface area (Å²) < 4.78 is 1.95. The first-order chi connectivity index (χ1) is 8.75. The Morgan fingerprint density at radius 3 is 2.72 bits per heavy atom. The molecule has 0 bridgehead atoms. The van der Waals surface area contributed by atoms with Crippen molar-refractivity contribution in [1.82, 2.24) is 20.1 Å². The molecule has 0 aliphatic carbocycles. The first-order valence-corrected chi connectivity index (χ1v) is 6.37. The van der Waals surface area contributed by atoms with Crippen molar-refractivity contribution in [1.29, 1.82) is 0 Å². The number of rotatable bonds is 6. The number of nitrogens with one attached hydrogen (secondary N) is 1. The van der Waals surface area contributed by atoms with Crippen LogP contribution in [0, 0.1) is 5.92 Å². The lowest BCUT2D eigenvalue weighted by atomic mass is 10.2. The Kier molecular flexibility index (Phi) is 4.47. The topological polar surface area (TPSA) is 42.7 Å². The summed E-state index contributed by atoms with van der Waals surface area (Å²) in [5, 5.41) is 7.66. The van der Waals surface area contributed by atoms with Crippen LogP contribution >= 0.6 is 0 Å². The van der Waals surface area contributed by atoms with Gasteiger partial charge in [-0.1, -0.05) is 44.2 Å². The maximum atomic E-state index is 4.30. The monoisotopic (exact) mass is 244 g/mol. The smallest absolute Gasteiger partial charge is 0.141 e. The molecule has 0 amide bonds. The highest BCUT2D eigenvalue weighted by molar-refractivity contribution is 5.15. The summed E-state index contributed by atoms with van der Waals surface area (Å²) in [5.41, 5.74) is 1.24. The first kappa shape index (κ1) is 12.8. The van der Waals surface area contributed by atoms with Gasteiger partial charge >= 0.3 is 0 Å². The van der Waals surface area contributed by atoms with Crippen LogP contribution in [0.2, 0.25) is 0 Å². The number of hydrogen-bond acceptors (Lipinski definition) is 3. The molecule has 0 fully saturated rings. The molecule has 0 saturated heterocycles. The maximum Gasteiger partial charge on any atom is 0.141 e. The Hall–Kier alpha value is -1.68. The van der Waals surface area contributed by atoms with Gasteiger partial charge in [0.05, 0.1) is 13.1 Å². The van der Waals surface area contributed by atoms with Crippen molar-refractivity contribution < 1.29 is 0 Å². The normalized spacial score (nSPS) is 11.1. The van der Waals surface area contributed by atoms with Crippen LogP contribution in [-0.4, -0.2) is 21.3 Å². The van der Waals surface area contributed by atoms with E-state index in [1.54, 1.807) is 6.33 Å². The molecule has 0 unspecified atom stereocenters. The molecule has 2 rings (SSSR count). The molecule has 0 spiro atoms. The predicted octanol–water partition coefficient (Wildman–Crippen LogP) is 2.07. The Bertz CT molecular complexity index is 462. The van der Waals surface area contributed by atoms with Crippen LogP contribution in [0.25, 0.3) is 0 Å². The van der Waals surface area contributed by atoms with Crippen LogP contribution in [-0.2, 0) is 13.1 Å². The van der Waals surface area contributed by atoms with Gasteiger partial charge in [0.2, 0.25) is 0 Å². The average Bonchev–Trinajstić information content (AvgIpc) is 2.78. The number of benzene rings is 1. The van der Waals surface area contributed by atoms with Gasteiger partial charge in [-0.15, -0.1) is 0 Å². The molecule has 4 nitrogen and oxygen atoms in total. The van der Waals surface area contributed by atoms with Gasteiger partial charge in [-0.3, -0.25) is 0 Å². The third-order valence-electron chi connectivity index (χ3n) is 2.71. The molecule has 0 radical (unpaired) electrons. The quantitative estimate of drug-likeness (QED) is 0.846. The van der Waals surface area contributed by atoms with E-state index in [2.05, 4.69) is 41.4 Å². The maximum absolute atomic E-state index is 4.30. The van der Waals surface area contributed by atoms with E-state index in [9.17, 15) is 0 Å². The third kappa shape index (κ3) is 3.67. The second-order valence-electron chi connectivity index (χ2n) is 4.84. The minimum absolute atomic E-state index is 0.649. The minimum atomic E-state index is 0.649. The lowest BCUT2D eigenvalue weighted by molar-refractivity contribution is 0.523. The molecule has 0 aliphatic heterocycles. The van der Waals surface area contributed by atoms with E-state index in [1.165, 1.54) is 5.56 Å². The second-order valence-corrected chi connectivity index (χ2v) is 4.84. The van der Waals surface area contributed by atoms with Crippen molar-refractivity contribution in [2.45, 2.75) is 26.9 Å². The van der Waals surface area contributed by atoms with Gasteiger partial charge in [0, 0.05) is 0 Å². The summed E-state index contributed by atoms with van der Waals surface area (Å²) in [6, 6.07) is 10.3. The minimum Gasteiger partial charge on any atom is -0.310 e. The van der Waals surface area contributed by atoms with Gasteiger partial charge in [-0.2, -0.15) is 5.10 Å². The molecule has 96 valence electrons. The molecular weight excluding hydrogens is 224 g/mol. The van der Waals surface area contributed by atoms with E-state index < -0.39 is 0 Å². The van der Waals surface area contributed by atoms with Gasteiger partial charge in [0.25, 0.3) is 0 Å². The highest BCUT2D eigenvalue weighted by Crippen LogP contribution is 2.03. The van der Waals surface area contributed by atoms with Gasteiger partial charge in [0.15, 0.2) is 0 Å². The number of nitrogens with zero attached hydrogens (tertiary/aromatic N) is 3. The van der Waals surface area contributed by atoms with Crippen LogP contribution in [0.15, 0.2) is 36.7 Å². The summed E-state index contributed by atoms with van der Waals surface area (Å²) in [4.78, 5) is 4.30. The zero-order valence-electron chi connectivity index (χ0n) is 11.0. The van der Waals surface area contributed by atoms with Crippen LogP contribution in [0.3, 0.4) is 0 Å². The first-order valence-electron chi connectivity index (χ1n) is 6.37. The highest BCUT2D eigenvalue weighted by Gasteiger charge is 2.04. The molecule has 0 aliphatic rings. The molecule has 0 saturated carbocycles. The molecule has 1 aromatic carbocycles. The van der Waals surface area contributed by atoms with Gasteiger partial charge in [-0.05, 0) is 18.0 Å². The molecule has 0 atom stereocenters. The fourth-order valence-electron chi connectivity index (χ4n) is 1.79. The van der Waals surface area contributed by atoms with Crippen molar-refractivity contribution in [3.05, 3.63) is 48.0 Å². The van der Waals surface area contributed by atoms with E-state index in [4.69, 9.17) is 0 Å². The third-order valence-corrected chi connectivity index (χ3v) is 2.71. The van der Waals surface area contributed by atoms with E-state index in [0.29, 0.717) is 5.92 Å². The zero-order chi connectivity index (χ0) is 12.8. The van der Waals surface area contributed by atoms with Crippen molar-refractivity contribution in [2.75, 3.05) is 6.54 Å². The Morgan fingerprint density at radius 1 is 1.22 bits per heavy atom. The van der Waals surface area contributed by atoms with Crippen LogP contribution in [0.4, 0.5) is 0 Å². The number of hydrogen-bond donors (Lipinski definition) is 1. The van der Waals surface area contributed by atoms with Crippen LogP contribution in [0.5, 0.6) is 0 Å². The van der Waals surface area contributed by atoms with Crippen LogP contribution in [0.1, 0.15) is 25.2 Å². The fourth-order valence-corrected chi connectivity index (χ4v) is 1.79.